The summed E-state index contributed by atoms with van der Waals surface area (Å²) in [6.45, 7) is 6.92. The monoisotopic (exact) mass is 399 g/mol. The van der Waals surface area contributed by atoms with Gasteiger partial charge in [-0.1, -0.05) is 0 Å². The van der Waals surface area contributed by atoms with Gasteiger partial charge in [-0.3, -0.25) is 10.1 Å². The van der Waals surface area contributed by atoms with Crippen LogP contribution in [0, 0.1) is 24.0 Å². The third kappa shape index (κ3) is 3.84. The Hall–Kier alpha value is -3.62. The molecule has 1 aromatic heterocycles. The van der Waals surface area contributed by atoms with Crippen molar-refractivity contribution in [3.8, 4) is 11.3 Å². The summed E-state index contributed by atoms with van der Waals surface area (Å²) in [6.07, 6.45) is 0. The van der Waals surface area contributed by atoms with Crippen LogP contribution in [-0.4, -0.2) is 23.5 Å². The van der Waals surface area contributed by atoms with E-state index in [9.17, 15) is 19.7 Å². The van der Waals surface area contributed by atoms with Gasteiger partial charge in [-0.05, 0) is 51.5 Å². The number of hydrogen-bond donors (Lipinski definition) is 2. The average molecular weight is 399 g/mol. The number of urea groups is 1. The number of carbonyl (C=O) groups excluding carboxylic acids is 2. The van der Waals surface area contributed by atoms with Crippen LogP contribution in [0.2, 0.25) is 0 Å². The normalized spacial score (nSPS) is 16.3. The summed E-state index contributed by atoms with van der Waals surface area (Å²) < 4.78 is 11.1. The van der Waals surface area contributed by atoms with Crippen molar-refractivity contribution in [3.05, 3.63) is 62.5 Å². The number of amides is 2. The molecule has 2 aromatic rings. The lowest BCUT2D eigenvalue weighted by atomic mass is 10.0. The second-order valence-electron chi connectivity index (χ2n) is 6.70. The molecule has 0 saturated heterocycles. The molecule has 0 aliphatic carbocycles. The molecule has 0 radical (unpaired) electrons. The van der Waals surface area contributed by atoms with Gasteiger partial charge in [-0.15, -0.1) is 0 Å². The van der Waals surface area contributed by atoms with Gasteiger partial charge in [0.15, 0.2) is 0 Å². The molecule has 2 amide bonds. The highest BCUT2D eigenvalue weighted by Crippen LogP contribution is 2.35. The number of nitrogens with zero attached hydrogens (tertiary/aromatic N) is 1. The highest BCUT2D eigenvalue weighted by Gasteiger charge is 2.34. The van der Waals surface area contributed by atoms with Crippen LogP contribution in [0.15, 0.2) is 40.0 Å². The molecule has 1 aromatic carbocycles. The molecule has 1 aliphatic heterocycles. The van der Waals surface area contributed by atoms with Gasteiger partial charge in [0.25, 0.3) is 5.69 Å². The lowest BCUT2D eigenvalue weighted by Gasteiger charge is -2.26. The zero-order chi connectivity index (χ0) is 21.3. The van der Waals surface area contributed by atoms with Gasteiger partial charge in [-0.25, -0.2) is 9.59 Å². The van der Waals surface area contributed by atoms with Crippen molar-refractivity contribution < 1.29 is 23.7 Å². The lowest BCUT2D eigenvalue weighted by molar-refractivity contribution is -0.385. The quantitative estimate of drug-likeness (QED) is 0.449. The van der Waals surface area contributed by atoms with Crippen LogP contribution in [0.3, 0.4) is 0 Å². The van der Waals surface area contributed by atoms with Crippen molar-refractivity contribution in [1.29, 1.82) is 0 Å². The van der Waals surface area contributed by atoms with E-state index in [4.69, 9.17) is 9.15 Å². The summed E-state index contributed by atoms with van der Waals surface area (Å²) >= 11 is 0. The first-order valence-corrected chi connectivity index (χ1v) is 9.04. The molecular formula is C20H21N3O6. The molecule has 3 rings (SSSR count). The van der Waals surface area contributed by atoms with Gasteiger partial charge >= 0.3 is 12.0 Å². The second kappa shape index (κ2) is 7.78. The van der Waals surface area contributed by atoms with Gasteiger partial charge in [0.2, 0.25) is 0 Å². The SMILES string of the molecule is CCOC(=O)C1=C(C)NC(=O)NC1c1ccc(-c2cc(C)c([N+](=O)[O-])cc2C)o1. The predicted molar refractivity (Wildman–Crippen MR) is 104 cm³/mol. The summed E-state index contributed by atoms with van der Waals surface area (Å²) in [4.78, 5) is 35.1. The molecule has 9 nitrogen and oxygen atoms in total. The van der Waals surface area contributed by atoms with E-state index in [2.05, 4.69) is 10.6 Å². The number of carbonyl (C=O) groups is 2. The molecule has 9 heteroatoms. The topological polar surface area (TPSA) is 124 Å². The molecule has 1 aliphatic rings. The number of nitro groups is 1. The largest absolute Gasteiger partial charge is 0.463 e. The summed E-state index contributed by atoms with van der Waals surface area (Å²) in [5.74, 6) is 0.277. The first kappa shape index (κ1) is 20.1. The Bertz CT molecular complexity index is 1040. The molecule has 0 spiro atoms. The first-order valence-electron chi connectivity index (χ1n) is 9.04. The van der Waals surface area contributed by atoms with Crippen LogP contribution in [0.4, 0.5) is 10.5 Å². The standard InChI is InChI=1S/C20H21N3O6/c1-5-28-19(24)17-12(4)21-20(25)22-18(17)16-7-6-15(29-16)13-8-11(3)14(23(26)27)9-10(13)2/h6-9,18H,5H2,1-4H3,(H2,21,22,25). The average Bonchev–Trinajstić information content (AvgIpc) is 3.12. The van der Waals surface area contributed by atoms with Crippen LogP contribution in [0.5, 0.6) is 0 Å². The number of aryl methyl sites for hydroxylation is 2. The molecule has 0 fully saturated rings. The molecular weight excluding hydrogens is 378 g/mol. The Morgan fingerprint density at radius 3 is 2.62 bits per heavy atom. The lowest BCUT2D eigenvalue weighted by Crippen LogP contribution is -2.45. The van der Waals surface area contributed by atoms with E-state index in [1.54, 1.807) is 45.9 Å². The van der Waals surface area contributed by atoms with Crippen LogP contribution in [-0.2, 0) is 9.53 Å². The Morgan fingerprint density at radius 2 is 1.97 bits per heavy atom. The Labute approximate surface area is 166 Å². The Balaban J connectivity index is 2.02. The third-order valence-electron chi connectivity index (χ3n) is 4.68. The minimum Gasteiger partial charge on any atom is -0.463 e. The number of allylic oxidation sites excluding steroid dienone is 1. The molecule has 152 valence electrons. The fourth-order valence-electron chi connectivity index (χ4n) is 3.30. The first-order chi connectivity index (χ1) is 13.7. The Morgan fingerprint density at radius 1 is 1.24 bits per heavy atom. The Kier molecular flexibility index (Phi) is 5.40. The molecule has 1 atom stereocenters. The fraction of sp³-hybridized carbons (Fsp3) is 0.300. The maximum absolute atomic E-state index is 12.4. The van der Waals surface area contributed by atoms with Crippen molar-refractivity contribution in [1.82, 2.24) is 10.6 Å². The predicted octanol–water partition coefficient (Wildman–Crippen LogP) is 3.66. The maximum Gasteiger partial charge on any atom is 0.338 e. The van der Waals surface area contributed by atoms with Crippen LogP contribution in [0.1, 0.15) is 36.8 Å². The maximum atomic E-state index is 12.4. The van der Waals surface area contributed by atoms with Gasteiger partial charge in [0, 0.05) is 22.9 Å². The number of furan rings is 1. The smallest absolute Gasteiger partial charge is 0.338 e. The molecule has 2 heterocycles. The summed E-state index contributed by atoms with van der Waals surface area (Å²) in [5.41, 5.74) is 2.55. The van der Waals surface area contributed by atoms with Crippen molar-refractivity contribution in [2.45, 2.75) is 33.7 Å². The number of nitrogens with one attached hydrogen (secondary N) is 2. The summed E-state index contributed by atoms with van der Waals surface area (Å²) in [6, 6.07) is 5.28. The summed E-state index contributed by atoms with van der Waals surface area (Å²) in [5, 5.41) is 16.4. The minimum absolute atomic E-state index is 0.0341. The zero-order valence-corrected chi connectivity index (χ0v) is 16.5. The van der Waals surface area contributed by atoms with Gasteiger partial charge in [-0.2, -0.15) is 0 Å². The molecule has 1 unspecified atom stereocenters. The fourth-order valence-corrected chi connectivity index (χ4v) is 3.30. The van der Waals surface area contributed by atoms with Gasteiger partial charge in [0.05, 0.1) is 17.1 Å². The van der Waals surface area contributed by atoms with Crippen LogP contribution in [0.25, 0.3) is 11.3 Å². The number of esters is 1. The van der Waals surface area contributed by atoms with E-state index in [1.807, 2.05) is 0 Å². The number of nitro benzene ring substituents is 1. The number of benzene rings is 1. The van der Waals surface area contributed by atoms with E-state index in [0.717, 1.165) is 0 Å². The second-order valence-corrected chi connectivity index (χ2v) is 6.70. The van der Waals surface area contributed by atoms with E-state index in [1.165, 1.54) is 6.07 Å². The molecule has 0 saturated carbocycles. The molecule has 2 N–H and O–H groups in total. The molecule has 0 bridgehead atoms. The third-order valence-corrected chi connectivity index (χ3v) is 4.68. The molecule has 29 heavy (non-hydrogen) atoms. The van der Waals surface area contributed by atoms with Crippen molar-refractivity contribution >= 4 is 17.7 Å². The van der Waals surface area contributed by atoms with Crippen molar-refractivity contribution in [2.75, 3.05) is 6.61 Å². The highest BCUT2D eigenvalue weighted by molar-refractivity contribution is 5.94. The van der Waals surface area contributed by atoms with Crippen molar-refractivity contribution in [3.63, 3.8) is 0 Å². The van der Waals surface area contributed by atoms with E-state index in [-0.39, 0.29) is 17.9 Å². The summed E-state index contributed by atoms with van der Waals surface area (Å²) in [7, 11) is 0. The van der Waals surface area contributed by atoms with Gasteiger partial charge < -0.3 is 19.8 Å². The van der Waals surface area contributed by atoms with E-state index in [0.29, 0.717) is 33.9 Å². The number of rotatable bonds is 5. The number of hydrogen-bond acceptors (Lipinski definition) is 6. The van der Waals surface area contributed by atoms with Crippen LogP contribution < -0.4 is 10.6 Å². The van der Waals surface area contributed by atoms with E-state index < -0.39 is 23.0 Å². The van der Waals surface area contributed by atoms with Crippen LogP contribution >= 0.6 is 0 Å². The minimum atomic E-state index is -0.809. The van der Waals surface area contributed by atoms with Crippen molar-refractivity contribution in [2.24, 2.45) is 0 Å². The number of ether oxygens (including phenoxy) is 1. The zero-order valence-electron chi connectivity index (χ0n) is 16.5. The van der Waals surface area contributed by atoms with E-state index >= 15 is 0 Å². The van der Waals surface area contributed by atoms with Gasteiger partial charge in [0.1, 0.15) is 17.6 Å². The highest BCUT2D eigenvalue weighted by atomic mass is 16.6.